The first kappa shape index (κ1) is 23.1. The minimum absolute atomic E-state index is 0.0279. The summed E-state index contributed by atoms with van der Waals surface area (Å²) in [5, 5.41) is 7.32. The summed E-state index contributed by atoms with van der Waals surface area (Å²) in [4.78, 5) is 39.2. The number of aryl methyl sites for hydroxylation is 1. The molecule has 0 saturated carbocycles. The number of amides is 3. The van der Waals surface area contributed by atoms with E-state index in [0.717, 1.165) is 22.2 Å². The topological polar surface area (TPSA) is 92.5 Å². The summed E-state index contributed by atoms with van der Waals surface area (Å²) in [6.45, 7) is 1.72. The third kappa shape index (κ3) is 4.98. The minimum Gasteiger partial charge on any atom is -0.360 e. The van der Waals surface area contributed by atoms with Crippen molar-refractivity contribution in [1.29, 1.82) is 0 Å². The Labute approximate surface area is 203 Å². The lowest BCUT2D eigenvalue weighted by Crippen LogP contribution is -2.37. The summed E-state index contributed by atoms with van der Waals surface area (Å²) in [6.07, 6.45) is 1.64. The van der Waals surface area contributed by atoms with E-state index in [4.69, 9.17) is 27.7 Å². The molecule has 1 fully saturated rings. The molecule has 33 heavy (non-hydrogen) atoms. The molecule has 1 aliphatic rings. The van der Waals surface area contributed by atoms with Crippen LogP contribution in [0.15, 0.2) is 58.0 Å². The second-order valence-electron chi connectivity index (χ2n) is 7.08. The number of benzene rings is 2. The number of hydrogen-bond acceptors (Lipinski definition) is 6. The summed E-state index contributed by atoms with van der Waals surface area (Å²) in [5.41, 5.74) is 1.90. The van der Waals surface area contributed by atoms with Crippen LogP contribution in [0.4, 0.5) is 4.79 Å². The van der Waals surface area contributed by atoms with E-state index in [-0.39, 0.29) is 18.7 Å². The maximum absolute atomic E-state index is 12.8. The first-order valence-electron chi connectivity index (χ1n) is 9.85. The molecule has 0 aliphatic carbocycles. The highest BCUT2D eigenvalue weighted by atomic mass is 35.5. The van der Waals surface area contributed by atoms with Crippen LogP contribution in [0.1, 0.15) is 21.7 Å². The van der Waals surface area contributed by atoms with Gasteiger partial charge in [-0.15, -0.1) is 0 Å². The minimum atomic E-state index is -0.438. The van der Waals surface area contributed by atoms with Gasteiger partial charge >= 0.3 is 0 Å². The van der Waals surface area contributed by atoms with E-state index in [1.54, 1.807) is 61.5 Å². The third-order valence-electron chi connectivity index (χ3n) is 4.88. The molecular weight excluding hydrogens is 485 g/mol. The number of carbonyl (C=O) groups excluding carboxylic acids is 3. The van der Waals surface area contributed by atoms with Crippen LogP contribution >= 0.6 is 35.0 Å². The van der Waals surface area contributed by atoms with Crippen LogP contribution in [0.3, 0.4) is 0 Å². The molecule has 0 atom stereocenters. The second kappa shape index (κ2) is 9.82. The van der Waals surface area contributed by atoms with E-state index >= 15 is 0 Å². The number of aromatic nitrogens is 1. The molecule has 0 spiro atoms. The predicted molar refractivity (Wildman–Crippen MR) is 128 cm³/mol. The summed E-state index contributed by atoms with van der Waals surface area (Å²) < 4.78 is 5.21. The van der Waals surface area contributed by atoms with Crippen LogP contribution in [0, 0.1) is 6.92 Å². The SMILES string of the molecule is Cc1onc(-c2ccccc2Cl)c1C(=O)NCCN1C(=O)S/C(=C/c2ccc(Cl)cc2)C1=O. The normalized spacial score (nSPS) is 14.9. The van der Waals surface area contributed by atoms with Crippen LogP contribution in [-0.4, -0.2) is 40.2 Å². The van der Waals surface area contributed by atoms with Gasteiger partial charge in [0.2, 0.25) is 0 Å². The number of carbonyl (C=O) groups is 3. The Balaban J connectivity index is 1.42. The van der Waals surface area contributed by atoms with Gasteiger partial charge in [-0.05, 0) is 48.5 Å². The van der Waals surface area contributed by atoms with Gasteiger partial charge in [-0.25, -0.2) is 0 Å². The van der Waals surface area contributed by atoms with Gasteiger partial charge < -0.3 is 9.84 Å². The molecule has 1 N–H and O–H groups in total. The van der Waals surface area contributed by atoms with E-state index in [0.29, 0.717) is 32.0 Å². The zero-order valence-electron chi connectivity index (χ0n) is 17.3. The van der Waals surface area contributed by atoms with Crippen LogP contribution in [0.5, 0.6) is 0 Å². The quantitative estimate of drug-likeness (QED) is 0.453. The van der Waals surface area contributed by atoms with Gasteiger partial charge in [0, 0.05) is 23.7 Å². The summed E-state index contributed by atoms with van der Waals surface area (Å²) in [6, 6.07) is 13.9. The Morgan fingerprint density at radius 2 is 1.88 bits per heavy atom. The monoisotopic (exact) mass is 501 g/mol. The maximum atomic E-state index is 12.8. The third-order valence-corrected chi connectivity index (χ3v) is 6.37. The Morgan fingerprint density at radius 3 is 2.61 bits per heavy atom. The van der Waals surface area contributed by atoms with Gasteiger partial charge in [-0.3, -0.25) is 19.3 Å². The predicted octanol–water partition coefficient (Wildman–Crippen LogP) is 5.42. The average Bonchev–Trinajstić information content (AvgIpc) is 3.30. The smallest absolute Gasteiger partial charge is 0.293 e. The van der Waals surface area contributed by atoms with Crippen LogP contribution in [0.2, 0.25) is 10.0 Å². The molecule has 10 heteroatoms. The van der Waals surface area contributed by atoms with Gasteiger partial charge in [0.15, 0.2) is 0 Å². The Hall–Kier alpha value is -3.07. The van der Waals surface area contributed by atoms with Crippen molar-refractivity contribution in [2.24, 2.45) is 0 Å². The molecule has 2 heterocycles. The van der Waals surface area contributed by atoms with Crippen LogP contribution in [-0.2, 0) is 4.79 Å². The van der Waals surface area contributed by atoms with Crippen molar-refractivity contribution in [2.45, 2.75) is 6.92 Å². The highest BCUT2D eigenvalue weighted by Gasteiger charge is 2.34. The number of halogens is 2. The molecule has 1 aromatic heterocycles. The van der Waals surface area contributed by atoms with Crippen molar-refractivity contribution in [2.75, 3.05) is 13.1 Å². The lowest BCUT2D eigenvalue weighted by molar-refractivity contribution is -0.122. The lowest BCUT2D eigenvalue weighted by atomic mass is 10.1. The number of hydrogen-bond donors (Lipinski definition) is 1. The fourth-order valence-corrected chi connectivity index (χ4v) is 4.47. The molecule has 0 bridgehead atoms. The van der Waals surface area contributed by atoms with Gasteiger partial charge in [-0.1, -0.05) is 58.7 Å². The Bertz CT molecular complexity index is 1270. The fraction of sp³-hybridized carbons (Fsp3) is 0.130. The Kier molecular flexibility index (Phi) is 6.88. The second-order valence-corrected chi connectivity index (χ2v) is 8.92. The molecule has 1 aliphatic heterocycles. The van der Waals surface area contributed by atoms with E-state index in [1.807, 2.05) is 0 Å². The first-order valence-corrected chi connectivity index (χ1v) is 11.4. The number of thioether (sulfide) groups is 1. The molecule has 3 aromatic rings. The van der Waals surface area contributed by atoms with Crippen molar-refractivity contribution < 1.29 is 18.9 Å². The van der Waals surface area contributed by atoms with Gasteiger partial charge in [0.25, 0.3) is 17.1 Å². The van der Waals surface area contributed by atoms with E-state index in [9.17, 15) is 14.4 Å². The molecule has 1 saturated heterocycles. The highest BCUT2D eigenvalue weighted by Crippen LogP contribution is 2.33. The van der Waals surface area contributed by atoms with Crippen LogP contribution < -0.4 is 5.32 Å². The van der Waals surface area contributed by atoms with Gasteiger partial charge in [-0.2, -0.15) is 0 Å². The van der Waals surface area contributed by atoms with E-state index in [2.05, 4.69) is 10.5 Å². The van der Waals surface area contributed by atoms with Crippen LogP contribution in [0.25, 0.3) is 17.3 Å². The van der Waals surface area contributed by atoms with Gasteiger partial charge in [0.05, 0.1) is 9.93 Å². The Morgan fingerprint density at radius 1 is 1.15 bits per heavy atom. The van der Waals surface area contributed by atoms with Crippen molar-refractivity contribution >= 4 is 58.1 Å². The number of imide groups is 1. The summed E-state index contributed by atoms with van der Waals surface area (Å²) in [5.74, 6) is -0.515. The first-order chi connectivity index (χ1) is 15.8. The number of rotatable bonds is 6. The zero-order chi connectivity index (χ0) is 23.5. The maximum Gasteiger partial charge on any atom is 0.293 e. The van der Waals surface area contributed by atoms with Gasteiger partial charge in [0.1, 0.15) is 17.0 Å². The highest BCUT2D eigenvalue weighted by molar-refractivity contribution is 8.18. The summed E-state index contributed by atoms with van der Waals surface area (Å²) in [7, 11) is 0. The average molecular weight is 502 g/mol. The van der Waals surface area contributed by atoms with Crippen molar-refractivity contribution in [3.8, 4) is 11.3 Å². The van der Waals surface area contributed by atoms with Crippen molar-refractivity contribution in [3.63, 3.8) is 0 Å². The molecule has 0 unspecified atom stereocenters. The molecule has 3 amide bonds. The molecule has 0 radical (unpaired) electrons. The number of nitrogens with zero attached hydrogens (tertiary/aromatic N) is 2. The summed E-state index contributed by atoms with van der Waals surface area (Å²) >= 11 is 13.0. The molecule has 4 rings (SSSR count). The molecule has 7 nitrogen and oxygen atoms in total. The molecular formula is C23H17Cl2N3O4S. The zero-order valence-corrected chi connectivity index (χ0v) is 19.6. The van der Waals surface area contributed by atoms with E-state index < -0.39 is 17.1 Å². The van der Waals surface area contributed by atoms with E-state index in [1.165, 1.54) is 0 Å². The van der Waals surface area contributed by atoms with Crippen molar-refractivity contribution in [3.05, 3.63) is 80.4 Å². The molecule has 168 valence electrons. The molecule has 2 aromatic carbocycles. The van der Waals surface area contributed by atoms with Crippen molar-refractivity contribution in [1.82, 2.24) is 15.4 Å². The number of nitrogens with one attached hydrogen (secondary N) is 1. The standard InChI is InChI=1S/C23H17Cl2N3O4S/c1-13-19(20(27-32-13)16-4-2-3-5-17(16)25)21(29)26-10-11-28-22(30)18(33-23(28)31)12-14-6-8-15(24)9-7-14/h2-9,12H,10-11H2,1H3,(H,26,29)/b18-12+. The fourth-order valence-electron chi connectivity index (χ4n) is 3.25. The lowest BCUT2D eigenvalue weighted by Gasteiger charge is -2.13. The largest absolute Gasteiger partial charge is 0.360 e.